The molecule has 0 radical (unpaired) electrons. The maximum atomic E-state index is 11.5. The van der Waals surface area contributed by atoms with Gasteiger partial charge < -0.3 is 10.2 Å². The molecule has 112 valence electrons. The second-order valence-electron chi connectivity index (χ2n) is 6.13. The summed E-state index contributed by atoms with van der Waals surface area (Å²) in [5.74, 6) is 0.624. The monoisotopic (exact) mass is 288 g/mol. The summed E-state index contributed by atoms with van der Waals surface area (Å²) in [4.78, 5) is 2.47. The zero-order valence-corrected chi connectivity index (χ0v) is 13.0. The van der Waals surface area contributed by atoms with Crippen LogP contribution in [-0.4, -0.2) is 56.5 Å². The molecule has 1 aliphatic carbocycles. The van der Waals surface area contributed by atoms with Gasteiger partial charge >= 0.3 is 0 Å². The smallest absolute Gasteiger partial charge is 0.150 e. The second-order valence-corrected chi connectivity index (χ2v) is 8.61. The zero-order chi connectivity index (χ0) is 13.8. The third kappa shape index (κ3) is 4.43. The van der Waals surface area contributed by atoms with Crippen LogP contribution in [0.15, 0.2) is 0 Å². The molecule has 2 rings (SSSR count). The molecule has 1 spiro atoms. The maximum Gasteiger partial charge on any atom is 0.150 e. The molecule has 0 aromatic heterocycles. The fourth-order valence-corrected chi connectivity index (χ4v) is 4.31. The first-order valence-electron chi connectivity index (χ1n) is 7.73. The maximum absolute atomic E-state index is 11.5. The van der Waals surface area contributed by atoms with Gasteiger partial charge in [0.2, 0.25) is 0 Å². The van der Waals surface area contributed by atoms with Gasteiger partial charge in [0, 0.05) is 30.9 Å². The lowest BCUT2D eigenvalue weighted by molar-refractivity contribution is 0.0997. The first-order chi connectivity index (χ1) is 9.05. The van der Waals surface area contributed by atoms with Crippen molar-refractivity contribution < 1.29 is 8.42 Å². The summed E-state index contributed by atoms with van der Waals surface area (Å²) in [7, 11) is -2.80. The molecular formula is C14H28N2O2S. The van der Waals surface area contributed by atoms with E-state index in [1.165, 1.54) is 32.1 Å². The minimum atomic E-state index is -2.80. The molecule has 0 amide bonds. The predicted octanol–water partition coefficient (Wildman–Crippen LogP) is 1.42. The van der Waals surface area contributed by atoms with Crippen LogP contribution < -0.4 is 5.32 Å². The first-order valence-corrected chi connectivity index (χ1v) is 9.55. The first kappa shape index (κ1) is 15.3. The number of sulfone groups is 1. The lowest BCUT2D eigenvalue weighted by Crippen LogP contribution is -2.61. The largest absolute Gasteiger partial charge is 0.309 e. The molecule has 4 nitrogen and oxygen atoms in total. The fourth-order valence-electron chi connectivity index (χ4n) is 3.45. The van der Waals surface area contributed by atoms with Crippen LogP contribution in [0.3, 0.4) is 0 Å². The Labute approximate surface area is 117 Å². The third-order valence-corrected chi connectivity index (χ3v) is 6.42. The molecule has 19 heavy (non-hydrogen) atoms. The highest BCUT2D eigenvalue weighted by molar-refractivity contribution is 7.91. The molecule has 0 atom stereocenters. The van der Waals surface area contributed by atoms with Crippen LogP contribution in [0.4, 0.5) is 0 Å². The fraction of sp³-hybridized carbons (Fsp3) is 1.00. The van der Waals surface area contributed by atoms with Gasteiger partial charge in [0.25, 0.3) is 0 Å². The van der Waals surface area contributed by atoms with Gasteiger partial charge in [-0.25, -0.2) is 8.42 Å². The van der Waals surface area contributed by atoms with Crippen LogP contribution in [-0.2, 0) is 9.84 Å². The Morgan fingerprint density at radius 3 is 2.63 bits per heavy atom. The van der Waals surface area contributed by atoms with E-state index in [4.69, 9.17) is 0 Å². The summed E-state index contributed by atoms with van der Waals surface area (Å²) in [6.07, 6.45) is 7.41. The van der Waals surface area contributed by atoms with E-state index >= 15 is 0 Å². The highest BCUT2D eigenvalue weighted by atomic mass is 32.2. The summed E-state index contributed by atoms with van der Waals surface area (Å²) in [6.45, 7) is 5.90. The number of hydrogen-bond donors (Lipinski definition) is 1. The van der Waals surface area contributed by atoms with Crippen LogP contribution in [0.1, 0.15) is 45.4 Å². The molecule has 1 saturated heterocycles. The van der Waals surface area contributed by atoms with E-state index in [0.717, 1.165) is 32.6 Å². The molecule has 0 bridgehead atoms. The molecule has 1 N–H and O–H groups in total. The minimum Gasteiger partial charge on any atom is -0.309 e. The van der Waals surface area contributed by atoms with Crippen molar-refractivity contribution in [2.75, 3.05) is 37.7 Å². The Morgan fingerprint density at radius 1 is 1.21 bits per heavy atom. The number of nitrogens with one attached hydrogen (secondary N) is 1. The van der Waals surface area contributed by atoms with Crippen molar-refractivity contribution in [1.82, 2.24) is 10.2 Å². The van der Waals surface area contributed by atoms with Gasteiger partial charge in [0.1, 0.15) is 9.84 Å². The molecule has 1 saturated carbocycles. The van der Waals surface area contributed by atoms with Crippen LogP contribution in [0.2, 0.25) is 0 Å². The van der Waals surface area contributed by atoms with Gasteiger partial charge in [-0.3, -0.25) is 0 Å². The van der Waals surface area contributed by atoms with Gasteiger partial charge in [0.05, 0.1) is 5.75 Å². The molecule has 1 heterocycles. The minimum absolute atomic E-state index is 0.276. The van der Waals surface area contributed by atoms with Gasteiger partial charge in [-0.15, -0.1) is 0 Å². The standard InChI is InChI=1S/C14H28N2O2S/c1-2-19(17,18)12-6-10-16-11-9-15-14(13-16)7-4-3-5-8-14/h15H,2-13H2,1H3. The topological polar surface area (TPSA) is 49.4 Å². The second kappa shape index (κ2) is 6.55. The molecule has 0 aromatic rings. The lowest BCUT2D eigenvalue weighted by atomic mass is 9.80. The molecule has 2 aliphatic rings. The van der Waals surface area contributed by atoms with E-state index in [2.05, 4.69) is 10.2 Å². The Balaban J connectivity index is 1.78. The molecule has 0 unspecified atom stereocenters. The highest BCUT2D eigenvalue weighted by Crippen LogP contribution is 2.30. The number of piperazine rings is 1. The zero-order valence-electron chi connectivity index (χ0n) is 12.2. The summed E-state index contributed by atoms with van der Waals surface area (Å²) in [6, 6.07) is 0. The van der Waals surface area contributed by atoms with E-state index in [-0.39, 0.29) is 5.75 Å². The molecule has 2 fully saturated rings. The van der Waals surface area contributed by atoms with Crippen LogP contribution in [0, 0.1) is 0 Å². The average Bonchev–Trinajstić information content (AvgIpc) is 2.40. The molecule has 1 aliphatic heterocycles. The molecule has 0 aromatic carbocycles. The number of rotatable bonds is 5. The van der Waals surface area contributed by atoms with E-state index in [0.29, 0.717) is 11.3 Å². The van der Waals surface area contributed by atoms with Crippen molar-refractivity contribution >= 4 is 9.84 Å². The Morgan fingerprint density at radius 2 is 1.95 bits per heavy atom. The van der Waals surface area contributed by atoms with Crippen molar-refractivity contribution in [2.24, 2.45) is 0 Å². The van der Waals surface area contributed by atoms with Gasteiger partial charge in [-0.1, -0.05) is 26.2 Å². The van der Waals surface area contributed by atoms with E-state index < -0.39 is 9.84 Å². The van der Waals surface area contributed by atoms with Gasteiger partial charge in [-0.05, 0) is 25.8 Å². The van der Waals surface area contributed by atoms with Crippen molar-refractivity contribution in [3.63, 3.8) is 0 Å². The summed E-state index contributed by atoms with van der Waals surface area (Å²) < 4.78 is 23.0. The number of nitrogens with zero attached hydrogens (tertiary/aromatic N) is 1. The SMILES string of the molecule is CCS(=O)(=O)CCCN1CCNC2(CCCCC2)C1. The summed E-state index contributed by atoms with van der Waals surface area (Å²) >= 11 is 0. The van der Waals surface area contributed by atoms with Crippen molar-refractivity contribution in [1.29, 1.82) is 0 Å². The van der Waals surface area contributed by atoms with Crippen LogP contribution in [0.25, 0.3) is 0 Å². The number of hydrogen-bond acceptors (Lipinski definition) is 4. The molecular weight excluding hydrogens is 260 g/mol. The van der Waals surface area contributed by atoms with Gasteiger partial charge in [-0.2, -0.15) is 0 Å². The third-order valence-electron chi connectivity index (χ3n) is 4.63. The summed E-state index contributed by atoms with van der Waals surface area (Å²) in [5, 5.41) is 3.72. The van der Waals surface area contributed by atoms with Crippen molar-refractivity contribution in [3.8, 4) is 0 Å². The lowest BCUT2D eigenvalue weighted by Gasteiger charge is -2.46. The highest BCUT2D eigenvalue weighted by Gasteiger charge is 2.35. The Hall–Kier alpha value is -0.130. The van der Waals surface area contributed by atoms with Crippen LogP contribution >= 0.6 is 0 Å². The van der Waals surface area contributed by atoms with Crippen LogP contribution in [0.5, 0.6) is 0 Å². The van der Waals surface area contributed by atoms with E-state index in [1.54, 1.807) is 6.92 Å². The predicted molar refractivity (Wildman–Crippen MR) is 79.2 cm³/mol. The Bertz CT molecular complexity index is 369. The average molecular weight is 288 g/mol. The Kier molecular flexibility index (Phi) is 5.26. The molecule has 5 heteroatoms. The van der Waals surface area contributed by atoms with E-state index in [1.807, 2.05) is 0 Å². The normalized spacial score (nSPS) is 24.7. The quantitative estimate of drug-likeness (QED) is 0.831. The summed E-state index contributed by atoms with van der Waals surface area (Å²) in [5.41, 5.74) is 0.333. The van der Waals surface area contributed by atoms with E-state index in [9.17, 15) is 8.42 Å². The van der Waals surface area contributed by atoms with Crippen molar-refractivity contribution in [2.45, 2.75) is 51.0 Å². The van der Waals surface area contributed by atoms with Gasteiger partial charge in [0.15, 0.2) is 0 Å². The van der Waals surface area contributed by atoms with Crippen molar-refractivity contribution in [3.05, 3.63) is 0 Å².